The lowest BCUT2D eigenvalue weighted by molar-refractivity contribution is 0.786. The van der Waals surface area contributed by atoms with E-state index < -0.39 is 0 Å². The highest BCUT2D eigenvalue weighted by atomic mass is 35.5. The van der Waals surface area contributed by atoms with Crippen molar-refractivity contribution in [3.8, 4) is 0 Å². The average Bonchev–Trinajstić information content (AvgIpc) is 2.33. The Kier molecular flexibility index (Phi) is 1.54. The Labute approximate surface area is 75.0 Å². The quantitative estimate of drug-likeness (QED) is 0.582. The third kappa shape index (κ3) is 0.975. The minimum atomic E-state index is 0.517. The molecule has 0 atom stereocenters. The van der Waals surface area contributed by atoms with Gasteiger partial charge in [0.25, 0.3) is 0 Å². The van der Waals surface area contributed by atoms with Crippen molar-refractivity contribution in [3.05, 3.63) is 23.0 Å². The molecule has 0 unspecified atom stereocenters. The third-order valence-electron chi connectivity index (χ3n) is 1.88. The molecule has 0 saturated carbocycles. The normalized spacial score (nSPS) is 10.9. The number of fused-ring (bicyclic) bond motifs is 1. The summed E-state index contributed by atoms with van der Waals surface area (Å²) in [5, 5.41) is 5.67. The first-order valence-corrected chi connectivity index (χ1v) is 4.01. The van der Waals surface area contributed by atoms with Crippen LogP contribution in [0.15, 0.2) is 12.3 Å². The van der Waals surface area contributed by atoms with Crippen molar-refractivity contribution in [1.29, 1.82) is 0 Å². The van der Waals surface area contributed by atoms with Gasteiger partial charge in [-0.15, -0.1) is 0 Å². The highest BCUT2D eigenvalue weighted by molar-refractivity contribution is 6.29. The number of halogens is 1. The van der Waals surface area contributed by atoms with Gasteiger partial charge in [-0.1, -0.05) is 11.6 Å². The molecule has 2 aromatic rings. The highest BCUT2D eigenvalue weighted by Gasteiger charge is 2.04. The minimum absolute atomic E-state index is 0.517. The number of hydrogen-bond donors (Lipinski definition) is 0. The predicted molar refractivity (Wildman–Crippen MR) is 48.3 cm³/mol. The van der Waals surface area contributed by atoms with Gasteiger partial charge in [0.2, 0.25) is 0 Å². The molecule has 0 bridgehead atoms. The van der Waals surface area contributed by atoms with Crippen LogP contribution in [0.5, 0.6) is 0 Å². The van der Waals surface area contributed by atoms with Crippen LogP contribution in [0.4, 0.5) is 0 Å². The first kappa shape index (κ1) is 7.55. The number of hydrogen-bond acceptors (Lipinski definition) is 2. The molecule has 12 heavy (non-hydrogen) atoms. The second kappa shape index (κ2) is 2.45. The van der Waals surface area contributed by atoms with Gasteiger partial charge in [0.05, 0.1) is 6.20 Å². The fourth-order valence-electron chi connectivity index (χ4n) is 1.23. The van der Waals surface area contributed by atoms with E-state index in [1.54, 1.807) is 10.9 Å². The van der Waals surface area contributed by atoms with Gasteiger partial charge in [0, 0.05) is 12.4 Å². The lowest BCUT2D eigenvalue weighted by atomic mass is 10.2. The Morgan fingerprint density at radius 2 is 2.25 bits per heavy atom. The molecule has 2 aromatic heterocycles. The maximum atomic E-state index is 5.80. The molecule has 2 rings (SSSR count). The second-order valence-electron chi connectivity index (χ2n) is 2.77. The molecule has 0 saturated heterocycles. The van der Waals surface area contributed by atoms with Gasteiger partial charge < -0.3 is 0 Å². The SMILES string of the molecule is Cc1cc(Cl)nc2c1cnn2C. The fraction of sp³-hybridized carbons (Fsp3) is 0.250. The van der Waals surface area contributed by atoms with Crippen molar-refractivity contribution < 1.29 is 0 Å². The smallest absolute Gasteiger partial charge is 0.159 e. The maximum Gasteiger partial charge on any atom is 0.159 e. The lowest BCUT2D eigenvalue weighted by Crippen LogP contribution is -1.92. The van der Waals surface area contributed by atoms with Gasteiger partial charge >= 0.3 is 0 Å². The zero-order valence-corrected chi connectivity index (χ0v) is 7.63. The summed E-state index contributed by atoms with van der Waals surface area (Å²) < 4.78 is 1.72. The molecule has 0 aliphatic rings. The van der Waals surface area contributed by atoms with Crippen LogP contribution in [0.2, 0.25) is 5.15 Å². The summed E-state index contributed by atoms with van der Waals surface area (Å²) >= 11 is 5.80. The van der Waals surface area contributed by atoms with Crippen molar-refractivity contribution in [3.63, 3.8) is 0 Å². The summed E-state index contributed by atoms with van der Waals surface area (Å²) in [6, 6.07) is 1.84. The summed E-state index contributed by atoms with van der Waals surface area (Å²) in [7, 11) is 1.85. The van der Waals surface area contributed by atoms with E-state index in [9.17, 15) is 0 Å². The molecule has 0 spiro atoms. The molecule has 0 radical (unpaired) electrons. The number of aromatic nitrogens is 3. The van der Waals surface area contributed by atoms with Crippen molar-refractivity contribution in [2.24, 2.45) is 7.05 Å². The van der Waals surface area contributed by atoms with Crippen LogP contribution in [-0.2, 0) is 7.05 Å². The van der Waals surface area contributed by atoms with Gasteiger partial charge in [-0.2, -0.15) is 5.10 Å². The Balaban J connectivity index is 2.92. The molecular weight excluding hydrogens is 174 g/mol. The van der Waals surface area contributed by atoms with E-state index in [0.29, 0.717) is 5.15 Å². The molecular formula is C8H8ClN3. The number of rotatable bonds is 0. The molecule has 0 aromatic carbocycles. The summed E-state index contributed by atoms with van der Waals surface area (Å²) in [4.78, 5) is 4.16. The molecule has 2 heterocycles. The summed E-state index contributed by atoms with van der Waals surface area (Å²) in [5.74, 6) is 0. The standard InChI is InChI=1S/C8H8ClN3/c1-5-3-7(9)11-8-6(5)4-10-12(8)2/h3-4H,1-2H3. The van der Waals surface area contributed by atoms with Crippen LogP contribution in [0.25, 0.3) is 11.0 Å². The Bertz CT molecular complexity index is 433. The largest absolute Gasteiger partial charge is 0.250 e. The van der Waals surface area contributed by atoms with E-state index in [4.69, 9.17) is 11.6 Å². The molecule has 4 heteroatoms. The zero-order chi connectivity index (χ0) is 8.72. The molecule has 62 valence electrons. The average molecular weight is 182 g/mol. The van der Waals surface area contributed by atoms with Crippen molar-refractivity contribution in [2.45, 2.75) is 6.92 Å². The Morgan fingerprint density at radius 1 is 1.50 bits per heavy atom. The van der Waals surface area contributed by atoms with Gasteiger partial charge in [-0.3, -0.25) is 4.68 Å². The fourth-order valence-corrected chi connectivity index (χ4v) is 1.48. The summed E-state index contributed by atoms with van der Waals surface area (Å²) in [6.45, 7) is 2.00. The number of aryl methyl sites for hydroxylation is 2. The van der Waals surface area contributed by atoms with Gasteiger partial charge in [0.1, 0.15) is 5.15 Å². The highest BCUT2D eigenvalue weighted by Crippen LogP contribution is 2.18. The summed E-state index contributed by atoms with van der Waals surface area (Å²) in [6.07, 6.45) is 1.80. The van der Waals surface area contributed by atoms with Crippen LogP contribution in [0, 0.1) is 6.92 Å². The number of nitrogens with zero attached hydrogens (tertiary/aromatic N) is 3. The molecule has 0 amide bonds. The minimum Gasteiger partial charge on any atom is -0.250 e. The Hall–Kier alpha value is -1.09. The zero-order valence-electron chi connectivity index (χ0n) is 6.87. The Morgan fingerprint density at radius 3 is 3.00 bits per heavy atom. The first-order valence-electron chi connectivity index (χ1n) is 3.63. The number of pyridine rings is 1. The van der Waals surface area contributed by atoms with Crippen LogP contribution < -0.4 is 0 Å². The molecule has 0 fully saturated rings. The predicted octanol–water partition coefficient (Wildman–Crippen LogP) is 1.93. The maximum absolute atomic E-state index is 5.80. The first-order chi connectivity index (χ1) is 5.68. The molecule has 3 nitrogen and oxygen atoms in total. The van der Waals surface area contributed by atoms with Gasteiger partial charge in [-0.25, -0.2) is 4.98 Å². The van der Waals surface area contributed by atoms with Crippen LogP contribution in [0.1, 0.15) is 5.56 Å². The second-order valence-corrected chi connectivity index (χ2v) is 3.15. The van der Waals surface area contributed by atoms with E-state index in [1.165, 1.54) is 0 Å². The monoisotopic (exact) mass is 181 g/mol. The molecule has 0 aliphatic carbocycles. The third-order valence-corrected chi connectivity index (χ3v) is 2.07. The van der Waals surface area contributed by atoms with E-state index in [2.05, 4.69) is 10.1 Å². The van der Waals surface area contributed by atoms with Crippen molar-refractivity contribution in [2.75, 3.05) is 0 Å². The molecule has 0 N–H and O–H groups in total. The van der Waals surface area contributed by atoms with E-state index in [-0.39, 0.29) is 0 Å². The van der Waals surface area contributed by atoms with Crippen molar-refractivity contribution >= 4 is 22.6 Å². The molecule has 0 aliphatic heterocycles. The lowest BCUT2D eigenvalue weighted by Gasteiger charge is -1.97. The van der Waals surface area contributed by atoms with Gasteiger partial charge in [-0.05, 0) is 18.6 Å². The van der Waals surface area contributed by atoms with Crippen LogP contribution in [0.3, 0.4) is 0 Å². The van der Waals surface area contributed by atoms with E-state index in [0.717, 1.165) is 16.6 Å². The van der Waals surface area contributed by atoms with Gasteiger partial charge in [0.15, 0.2) is 5.65 Å². The van der Waals surface area contributed by atoms with Crippen LogP contribution in [-0.4, -0.2) is 14.8 Å². The summed E-state index contributed by atoms with van der Waals surface area (Å²) in [5.41, 5.74) is 1.94. The van der Waals surface area contributed by atoms with Crippen molar-refractivity contribution in [1.82, 2.24) is 14.8 Å². The van der Waals surface area contributed by atoms with Crippen LogP contribution >= 0.6 is 11.6 Å². The van der Waals surface area contributed by atoms with E-state index in [1.807, 2.05) is 20.0 Å². The topological polar surface area (TPSA) is 30.7 Å². The van der Waals surface area contributed by atoms with E-state index >= 15 is 0 Å².